The number of fused-ring (bicyclic) bond motifs is 3. The maximum absolute atomic E-state index is 11.4. The fraction of sp³-hybridized carbons (Fsp3) is 0.214. The highest BCUT2D eigenvalue weighted by Gasteiger charge is 2.36. The maximum atomic E-state index is 11.4. The van der Waals surface area contributed by atoms with Crippen molar-refractivity contribution >= 4 is 5.97 Å². The summed E-state index contributed by atoms with van der Waals surface area (Å²) in [6.45, 7) is 1.32. The zero-order valence-electron chi connectivity index (χ0n) is 11.2. The summed E-state index contributed by atoms with van der Waals surface area (Å²) in [6, 6.07) is 6.44. The van der Waals surface area contributed by atoms with Crippen LogP contribution in [-0.4, -0.2) is 15.9 Å². The molecular weight excluding hydrogens is 270 g/mol. The number of esters is 1. The number of nitrogens with zero attached hydrogens (tertiary/aromatic N) is 5. The van der Waals surface area contributed by atoms with Crippen molar-refractivity contribution in [2.24, 2.45) is 5.11 Å². The van der Waals surface area contributed by atoms with Gasteiger partial charge in [0.15, 0.2) is 0 Å². The van der Waals surface area contributed by atoms with E-state index in [1.54, 1.807) is 36.7 Å². The number of azide groups is 1. The summed E-state index contributed by atoms with van der Waals surface area (Å²) in [5.74, 6) is -0.444. The van der Waals surface area contributed by atoms with Crippen molar-refractivity contribution in [1.29, 1.82) is 0 Å². The van der Waals surface area contributed by atoms with Gasteiger partial charge < -0.3 is 4.74 Å². The summed E-state index contributed by atoms with van der Waals surface area (Å²) in [5, 5.41) is 3.79. The fourth-order valence-electron chi connectivity index (χ4n) is 2.52. The maximum Gasteiger partial charge on any atom is 0.303 e. The molecule has 1 aliphatic rings. The molecule has 0 saturated heterocycles. The van der Waals surface area contributed by atoms with Crippen LogP contribution in [0.3, 0.4) is 0 Å². The van der Waals surface area contributed by atoms with Gasteiger partial charge in [0, 0.05) is 29.8 Å². The monoisotopic (exact) mass is 281 g/mol. The van der Waals surface area contributed by atoms with E-state index in [9.17, 15) is 4.79 Å². The minimum absolute atomic E-state index is 0.444. The molecule has 21 heavy (non-hydrogen) atoms. The zero-order valence-corrected chi connectivity index (χ0v) is 11.2. The standard InChI is InChI=1S/C14H11N5O2/c1-8(20)21-14-10-5-3-7-17-12(10)11-9(4-2-6-16-11)13(14)18-19-15/h2-7,13-14H,1H3/t13-,14-/m0/s1. The third kappa shape index (κ3) is 2.19. The molecule has 0 aromatic carbocycles. The van der Waals surface area contributed by atoms with E-state index in [4.69, 9.17) is 10.3 Å². The normalized spacial score (nSPS) is 18.9. The van der Waals surface area contributed by atoms with Gasteiger partial charge in [-0.05, 0) is 23.2 Å². The molecule has 2 heterocycles. The second kappa shape index (κ2) is 5.22. The van der Waals surface area contributed by atoms with Gasteiger partial charge in [0.25, 0.3) is 0 Å². The molecule has 0 radical (unpaired) electrons. The van der Waals surface area contributed by atoms with Gasteiger partial charge in [-0.25, -0.2) is 0 Å². The van der Waals surface area contributed by atoms with Gasteiger partial charge in [-0.15, -0.1) is 0 Å². The molecule has 104 valence electrons. The minimum Gasteiger partial charge on any atom is -0.457 e. The Kier molecular flexibility index (Phi) is 3.25. The molecule has 3 rings (SSSR count). The van der Waals surface area contributed by atoms with Crippen molar-refractivity contribution in [1.82, 2.24) is 9.97 Å². The summed E-state index contributed by atoms with van der Waals surface area (Å²) in [6.07, 6.45) is 2.60. The average Bonchev–Trinajstić information content (AvgIpc) is 2.50. The third-order valence-corrected chi connectivity index (χ3v) is 3.28. The molecule has 1 aliphatic carbocycles. The van der Waals surface area contributed by atoms with Crippen molar-refractivity contribution in [3.63, 3.8) is 0 Å². The predicted molar refractivity (Wildman–Crippen MR) is 73.9 cm³/mol. The lowest BCUT2D eigenvalue weighted by Crippen LogP contribution is -2.22. The third-order valence-electron chi connectivity index (χ3n) is 3.28. The van der Waals surface area contributed by atoms with E-state index < -0.39 is 18.1 Å². The van der Waals surface area contributed by atoms with Gasteiger partial charge in [0.05, 0.1) is 11.4 Å². The molecule has 0 bridgehead atoms. The molecule has 2 aromatic rings. The Bertz CT molecular complexity index is 755. The first-order chi connectivity index (χ1) is 10.2. The number of rotatable bonds is 2. The summed E-state index contributed by atoms with van der Waals surface area (Å²) < 4.78 is 5.37. The summed E-state index contributed by atoms with van der Waals surface area (Å²) in [7, 11) is 0. The van der Waals surface area contributed by atoms with E-state index >= 15 is 0 Å². The molecule has 0 unspecified atom stereocenters. The van der Waals surface area contributed by atoms with Crippen molar-refractivity contribution < 1.29 is 9.53 Å². The van der Waals surface area contributed by atoms with Crippen LogP contribution >= 0.6 is 0 Å². The van der Waals surface area contributed by atoms with E-state index in [-0.39, 0.29) is 0 Å². The first-order valence-corrected chi connectivity index (χ1v) is 6.34. The number of aromatic nitrogens is 2. The number of carbonyl (C=O) groups is 1. The highest BCUT2D eigenvalue weighted by molar-refractivity contribution is 5.70. The highest BCUT2D eigenvalue weighted by Crippen LogP contribution is 2.46. The molecule has 2 atom stereocenters. The lowest BCUT2D eigenvalue weighted by Gasteiger charge is -2.30. The van der Waals surface area contributed by atoms with E-state index in [0.717, 1.165) is 0 Å². The molecule has 0 saturated carbocycles. The summed E-state index contributed by atoms with van der Waals surface area (Å²) in [4.78, 5) is 22.9. The van der Waals surface area contributed by atoms with Crippen LogP contribution in [0.5, 0.6) is 0 Å². The van der Waals surface area contributed by atoms with Crippen LogP contribution in [-0.2, 0) is 9.53 Å². The Labute approximate surface area is 120 Å². The van der Waals surface area contributed by atoms with Crippen LogP contribution < -0.4 is 0 Å². The molecular formula is C14H11N5O2. The van der Waals surface area contributed by atoms with Gasteiger partial charge in [0.1, 0.15) is 12.1 Å². The Hall–Kier alpha value is -2.92. The Morgan fingerprint density at radius 2 is 1.86 bits per heavy atom. The average molecular weight is 281 g/mol. The van der Waals surface area contributed by atoms with Gasteiger partial charge in [-0.3, -0.25) is 14.8 Å². The van der Waals surface area contributed by atoms with Crippen LogP contribution in [0.2, 0.25) is 0 Å². The van der Waals surface area contributed by atoms with Gasteiger partial charge >= 0.3 is 5.97 Å². The van der Waals surface area contributed by atoms with Gasteiger partial charge in [-0.1, -0.05) is 17.2 Å². The Morgan fingerprint density at radius 3 is 2.48 bits per heavy atom. The molecule has 0 amide bonds. The van der Waals surface area contributed by atoms with Gasteiger partial charge in [-0.2, -0.15) is 0 Å². The Balaban J connectivity index is 2.25. The molecule has 0 aliphatic heterocycles. The fourth-order valence-corrected chi connectivity index (χ4v) is 2.52. The number of ether oxygens (including phenoxy) is 1. The van der Waals surface area contributed by atoms with Crippen molar-refractivity contribution in [3.8, 4) is 11.4 Å². The molecule has 0 N–H and O–H groups in total. The largest absolute Gasteiger partial charge is 0.457 e. The predicted octanol–water partition coefficient (Wildman–Crippen LogP) is 3.11. The number of hydrogen-bond acceptors (Lipinski definition) is 5. The molecule has 0 fully saturated rings. The van der Waals surface area contributed by atoms with Crippen LogP contribution in [0, 0.1) is 0 Å². The lowest BCUT2D eigenvalue weighted by atomic mass is 9.86. The first kappa shape index (κ1) is 13.1. The van der Waals surface area contributed by atoms with E-state index in [1.807, 2.05) is 0 Å². The van der Waals surface area contributed by atoms with E-state index in [1.165, 1.54) is 6.92 Å². The Morgan fingerprint density at radius 1 is 1.24 bits per heavy atom. The number of pyridine rings is 2. The van der Waals surface area contributed by atoms with Crippen molar-refractivity contribution in [2.75, 3.05) is 0 Å². The van der Waals surface area contributed by atoms with Gasteiger partial charge in [0.2, 0.25) is 0 Å². The first-order valence-electron chi connectivity index (χ1n) is 6.34. The van der Waals surface area contributed by atoms with Crippen molar-refractivity contribution in [2.45, 2.75) is 19.1 Å². The second-order valence-electron chi connectivity index (χ2n) is 4.56. The molecule has 0 spiro atoms. The van der Waals surface area contributed by atoms with E-state index in [0.29, 0.717) is 22.5 Å². The lowest BCUT2D eigenvalue weighted by molar-refractivity contribution is -0.148. The smallest absolute Gasteiger partial charge is 0.303 e. The summed E-state index contributed by atoms with van der Waals surface area (Å²) >= 11 is 0. The quantitative estimate of drug-likeness (QED) is 0.365. The molecule has 7 nitrogen and oxygen atoms in total. The van der Waals surface area contributed by atoms with Crippen LogP contribution in [0.4, 0.5) is 0 Å². The highest BCUT2D eigenvalue weighted by atomic mass is 16.5. The second-order valence-corrected chi connectivity index (χ2v) is 4.56. The topological polar surface area (TPSA) is 101 Å². The SMILES string of the molecule is CC(=O)O[C@H]1c2cccnc2-c2ncccc2[C@@H]1N=[N+]=[N-]. The zero-order chi connectivity index (χ0) is 14.8. The summed E-state index contributed by atoms with van der Waals surface area (Å²) in [5.41, 5.74) is 11.5. The minimum atomic E-state index is -0.696. The van der Waals surface area contributed by atoms with E-state index in [2.05, 4.69) is 20.0 Å². The van der Waals surface area contributed by atoms with Crippen molar-refractivity contribution in [3.05, 3.63) is 58.2 Å². The van der Waals surface area contributed by atoms with Crippen LogP contribution in [0.15, 0.2) is 41.8 Å². The number of hydrogen-bond donors (Lipinski definition) is 0. The number of carbonyl (C=O) groups excluding carboxylic acids is 1. The molecule has 7 heteroatoms. The van der Waals surface area contributed by atoms with Crippen LogP contribution in [0.1, 0.15) is 30.2 Å². The van der Waals surface area contributed by atoms with Crippen LogP contribution in [0.25, 0.3) is 21.8 Å². The molecule has 2 aromatic heterocycles.